The van der Waals surface area contributed by atoms with Gasteiger partial charge in [-0.05, 0) is 25.1 Å². The molecule has 1 amide bonds. The van der Waals surface area contributed by atoms with E-state index in [4.69, 9.17) is 0 Å². The van der Waals surface area contributed by atoms with Crippen molar-refractivity contribution in [1.29, 1.82) is 0 Å². The van der Waals surface area contributed by atoms with Crippen molar-refractivity contribution in [3.05, 3.63) is 29.8 Å². The third kappa shape index (κ3) is 4.79. The number of aliphatic imine (C=N–C) groups is 1. The van der Waals surface area contributed by atoms with E-state index in [-0.39, 0.29) is 12.5 Å². The first kappa shape index (κ1) is 14.7. The van der Waals surface area contributed by atoms with E-state index in [1.807, 2.05) is 13.0 Å². The van der Waals surface area contributed by atoms with Crippen molar-refractivity contribution < 1.29 is 9.59 Å². The number of benzene rings is 1. The van der Waals surface area contributed by atoms with Gasteiger partial charge in [-0.25, -0.2) is 0 Å². The Morgan fingerprint density at radius 3 is 2.79 bits per heavy atom. The molecule has 0 radical (unpaired) electrons. The number of hydrogen-bond donors (Lipinski definition) is 3. The van der Waals surface area contributed by atoms with Gasteiger partial charge in [-0.3, -0.25) is 9.79 Å². The number of hydrogen-bond acceptors (Lipinski definition) is 3. The molecule has 0 spiro atoms. The predicted octanol–water partition coefficient (Wildman–Crippen LogP) is 0.623. The Hall–Kier alpha value is -2.37. The second-order valence-corrected chi connectivity index (χ2v) is 3.69. The first-order chi connectivity index (χ1) is 9.21. The van der Waals surface area contributed by atoms with Crippen LogP contribution in [0, 0.1) is 0 Å². The largest absolute Gasteiger partial charge is 0.356 e. The zero-order valence-electron chi connectivity index (χ0n) is 11.1. The summed E-state index contributed by atoms with van der Waals surface area (Å²) in [7, 11) is 1.67. The van der Waals surface area contributed by atoms with E-state index in [1.165, 1.54) is 0 Å². The van der Waals surface area contributed by atoms with Gasteiger partial charge in [0.2, 0.25) is 0 Å². The lowest BCUT2D eigenvalue weighted by molar-refractivity contribution is -0.107. The van der Waals surface area contributed by atoms with E-state index in [9.17, 15) is 9.59 Å². The van der Waals surface area contributed by atoms with Crippen LogP contribution in [0.25, 0.3) is 0 Å². The maximum atomic E-state index is 11.7. The molecule has 0 saturated carbocycles. The van der Waals surface area contributed by atoms with E-state index in [0.29, 0.717) is 17.8 Å². The number of carbonyl (C=O) groups excluding carboxylic acids is 2. The molecule has 0 heterocycles. The topological polar surface area (TPSA) is 82.6 Å². The summed E-state index contributed by atoms with van der Waals surface area (Å²) in [6.45, 7) is 2.73. The summed E-state index contributed by atoms with van der Waals surface area (Å²) >= 11 is 0. The van der Waals surface area contributed by atoms with Crippen molar-refractivity contribution in [3.63, 3.8) is 0 Å². The van der Waals surface area contributed by atoms with Gasteiger partial charge in [0.1, 0.15) is 6.29 Å². The van der Waals surface area contributed by atoms with Crippen molar-refractivity contribution >= 4 is 23.8 Å². The highest BCUT2D eigenvalue weighted by atomic mass is 16.2. The molecule has 102 valence electrons. The summed E-state index contributed by atoms with van der Waals surface area (Å²) in [4.78, 5) is 26.0. The van der Waals surface area contributed by atoms with Crippen LogP contribution in [-0.2, 0) is 4.79 Å². The molecular formula is C13H18N4O2. The Bertz CT molecular complexity index is 471. The molecule has 0 unspecified atom stereocenters. The van der Waals surface area contributed by atoms with Gasteiger partial charge in [0.15, 0.2) is 5.96 Å². The van der Waals surface area contributed by atoms with E-state index in [2.05, 4.69) is 20.9 Å². The molecule has 1 aromatic rings. The van der Waals surface area contributed by atoms with Crippen molar-refractivity contribution in [2.24, 2.45) is 4.99 Å². The molecule has 0 saturated heterocycles. The van der Waals surface area contributed by atoms with Gasteiger partial charge in [0.05, 0.1) is 6.54 Å². The Morgan fingerprint density at radius 2 is 2.16 bits per heavy atom. The Labute approximate surface area is 112 Å². The fraction of sp³-hybridized carbons (Fsp3) is 0.308. The fourth-order valence-corrected chi connectivity index (χ4v) is 1.46. The third-order valence-electron chi connectivity index (χ3n) is 2.30. The number of aldehydes is 1. The van der Waals surface area contributed by atoms with Crippen LogP contribution in [0.4, 0.5) is 5.69 Å². The van der Waals surface area contributed by atoms with Crippen LogP contribution in [0.15, 0.2) is 29.3 Å². The lowest BCUT2D eigenvalue weighted by atomic mass is 10.2. The molecule has 0 atom stereocenters. The van der Waals surface area contributed by atoms with E-state index in [0.717, 1.165) is 12.2 Å². The number of carbonyl (C=O) groups is 2. The Balaban J connectivity index is 2.76. The van der Waals surface area contributed by atoms with E-state index < -0.39 is 0 Å². The Morgan fingerprint density at radius 1 is 1.37 bits per heavy atom. The SMILES string of the molecule is CCNC(=NC)Nc1cccc(C(=O)NCC=O)c1. The highest BCUT2D eigenvalue weighted by molar-refractivity contribution is 5.98. The van der Waals surface area contributed by atoms with Crippen molar-refractivity contribution in [1.82, 2.24) is 10.6 Å². The average molecular weight is 262 g/mol. The molecule has 0 aliphatic carbocycles. The molecular weight excluding hydrogens is 244 g/mol. The fourth-order valence-electron chi connectivity index (χ4n) is 1.46. The second kappa shape index (κ2) is 7.86. The zero-order valence-corrected chi connectivity index (χ0v) is 11.1. The van der Waals surface area contributed by atoms with Gasteiger partial charge < -0.3 is 20.7 Å². The van der Waals surface area contributed by atoms with Crippen LogP contribution >= 0.6 is 0 Å². The van der Waals surface area contributed by atoms with Crippen molar-refractivity contribution in [2.75, 3.05) is 25.5 Å². The molecule has 0 fully saturated rings. The minimum absolute atomic E-state index is 0.00947. The average Bonchev–Trinajstić information content (AvgIpc) is 2.44. The summed E-state index contributed by atoms with van der Waals surface area (Å²) in [5.41, 5.74) is 1.24. The van der Waals surface area contributed by atoms with E-state index in [1.54, 1.807) is 25.2 Å². The lowest BCUT2D eigenvalue weighted by Gasteiger charge is -2.11. The number of nitrogens with zero attached hydrogens (tertiary/aromatic N) is 1. The molecule has 0 aromatic heterocycles. The van der Waals surface area contributed by atoms with Crippen LogP contribution < -0.4 is 16.0 Å². The zero-order chi connectivity index (χ0) is 14.1. The molecule has 0 bridgehead atoms. The smallest absolute Gasteiger partial charge is 0.251 e. The highest BCUT2D eigenvalue weighted by Gasteiger charge is 2.06. The molecule has 6 heteroatoms. The van der Waals surface area contributed by atoms with Gasteiger partial charge in [-0.15, -0.1) is 0 Å². The van der Waals surface area contributed by atoms with Gasteiger partial charge in [-0.2, -0.15) is 0 Å². The minimum Gasteiger partial charge on any atom is -0.356 e. The van der Waals surface area contributed by atoms with Crippen molar-refractivity contribution in [2.45, 2.75) is 6.92 Å². The predicted molar refractivity (Wildman–Crippen MR) is 75.5 cm³/mol. The first-order valence-corrected chi connectivity index (χ1v) is 6.00. The number of amides is 1. The first-order valence-electron chi connectivity index (χ1n) is 6.00. The highest BCUT2D eigenvalue weighted by Crippen LogP contribution is 2.10. The van der Waals surface area contributed by atoms with E-state index >= 15 is 0 Å². The molecule has 0 aliphatic rings. The number of nitrogens with one attached hydrogen (secondary N) is 3. The maximum absolute atomic E-state index is 11.7. The lowest BCUT2D eigenvalue weighted by Crippen LogP contribution is -2.30. The third-order valence-corrected chi connectivity index (χ3v) is 2.30. The molecule has 6 nitrogen and oxygen atoms in total. The summed E-state index contributed by atoms with van der Waals surface area (Å²) in [5, 5.41) is 8.61. The van der Waals surface area contributed by atoms with Gasteiger partial charge in [0.25, 0.3) is 5.91 Å². The normalized spacial score (nSPS) is 10.7. The quantitative estimate of drug-likeness (QED) is 0.413. The maximum Gasteiger partial charge on any atom is 0.251 e. The molecule has 1 rings (SSSR count). The monoisotopic (exact) mass is 262 g/mol. The van der Waals surface area contributed by atoms with Crippen LogP contribution in [0.3, 0.4) is 0 Å². The molecule has 0 aliphatic heterocycles. The van der Waals surface area contributed by atoms with Crippen molar-refractivity contribution in [3.8, 4) is 0 Å². The minimum atomic E-state index is -0.283. The van der Waals surface area contributed by atoms with Gasteiger partial charge in [0, 0.05) is 24.8 Å². The van der Waals surface area contributed by atoms with Crippen LogP contribution in [0.5, 0.6) is 0 Å². The Kier molecular flexibility index (Phi) is 6.08. The van der Waals surface area contributed by atoms with Crippen LogP contribution in [-0.4, -0.2) is 38.3 Å². The number of guanidine groups is 1. The van der Waals surface area contributed by atoms with Gasteiger partial charge >= 0.3 is 0 Å². The standard InChI is InChI=1S/C13H18N4O2/c1-3-15-13(14-2)17-11-6-4-5-10(9-11)12(19)16-7-8-18/h4-6,8-9H,3,7H2,1-2H3,(H,16,19)(H2,14,15,17). The summed E-state index contributed by atoms with van der Waals surface area (Å²) in [5.74, 6) is 0.349. The summed E-state index contributed by atoms with van der Waals surface area (Å²) in [6, 6.07) is 6.97. The van der Waals surface area contributed by atoms with Crippen LogP contribution in [0.2, 0.25) is 0 Å². The number of rotatable bonds is 5. The van der Waals surface area contributed by atoms with Gasteiger partial charge in [-0.1, -0.05) is 6.07 Å². The molecule has 3 N–H and O–H groups in total. The molecule has 19 heavy (non-hydrogen) atoms. The summed E-state index contributed by atoms with van der Waals surface area (Å²) in [6.07, 6.45) is 0.646. The summed E-state index contributed by atoms with van der Waals surface area (Å²) < 4.78 is 0. The van der Waals surface area contributed by atoms with Crippen LogP contribution in [0.1, 0.15) is 17.3 Å². The molecule has 1 aromatic carbocycles. The number of anilines is 1. The second-order valence-electron chi connectivity index (χ2n) is 3.69.